The average Bonchev–Trinajstić information content (AvgIpc) is 2.36. The van der Waals surface area contributed by atoms with E-state index in [-0.39, 0.29) is 0 Å². The summed E-state index contributed by atoms with van der Waals surface area (Å²) in [6.07, 6.45) is 1.11. The molecular formula is C14H23NO+. The number of quaternary nitrogens is 1. The first-order valence-corrected chi connectivity index (χ1v) is 6.12. The Kier molecular flexibility index (Phi) is 5.33. The fourth-order valence-electron chi connectivity index (χ4n) is 1.64. The summed E-state index contributed by atoms with van der Waals surface area (Å²) in [5.74, 6) is 0.945. The Labute approximate surface area is 99.4 Å². The highest BCUT2D eigenvalue weighted by Crippen LogP contribution is 2.09. The molecule has 0 fully saturated rings. The van der Waals surface area contributed by atoms with Gasteiger partial charge in [-0.3, -0.25) is 0 Å². The second kappa shape index (κ2) is 6.54. The number of hydrogen-bond acceptors (Lipinski definition) is 1. The van der Waals surface area contributed by atoms with E-state index >= 15 is 0 Å². The van der Waals surface area contributed by atoms with Gasteiger partial charge >= 0.3 is 0 Å². The van der Waals surface area contributed by atoms with E-state index in [9.17, 15) is 0 Å². The third-order valence-corrected chi connectivity index (χ3v) is 3.33. The summed E-state index contributed by atoms with van der Waals surface area (Å²) in [4.78, 5) is 0. The van der Waals surface area contributed by atoms with Gasteiger partial charge in [-0.15, -0.1) is 0 Å². The van der Waals surface area contributed by atoms with Crippen molar-refractivity contribution in [2.75, 3.05) is 33.3 Å². The first-order chi connectivity index (χ1) is 7.70. The van der Waals surface area contributed by atoms with Gasteiger partial charge in [-0.2, -0.15) is 0 Å². The number of benzene rings is 1. The van der Waals surface area contributed by atoms with Gasteiger partial charge in [0.15, 0.2) is 0 Å². The zero-order valence-electron chi connectivity index (χ0n) is 10.7. The van der Waals surface area contributed by atoms with Gasteiger partial charge in [0.25, 0.3) is 0 Å². The molecule has 0 saturated carbocycles. The molecule has 1 aromatic carbocycles. The molecule has 0 aromatic heterocycles. The highest BCUT2D eigenvalue weighted by atomic mass is 16.5. The Bertz CT molecular complexity index is 280. The molecule has 0 unspecified atom stereocenters. The number of hydrogen-bond donors (Lipinski definition) is 0. The van der Waals surface area contributed by atoms with Gasteiger partial charge in [0.1, 0.15) is 5.75 Å². The van der Waals surface area contributed by atoms with E-state index in [1.54, 1.807) is 0 Å². The first-order valence-electron chi connectivity index (χ1n) is 6.12. The summed E-state index contributed by atoms with van der Waals surface area (Å²) in [6, 6.07) is 10.7. The second-order valence-corrected chi connectivity index (χ2v) is 4.41. The van der Waals surface area contributed by atoms with Crippen molar-refractivity contribution in [1.82, 2.24) is 0 Å². The molecule has 0 bridgehead atoms. The molecule has 2 nitrogen and oxygen atoms in total. The lowest BCUT2D eigenvalue weighted by atomic mass is 10.3. The lowest BCUT2D eigenvalue weighted by Gasteiger charge is -2.32. The molecule has 0 N–H and O–H groups in total. The molecule has 16 heavy (non-hydrogen) atoms. The molecule has 2 heteroatoms. The van der Waals surface area contributed by atoms with Crippen LogP contribution in [-0.4, -0.2) is 37.8 Å². The van der Waals surface area contributed by atoms with Crippen LogP contribution in [0.25, 0.3) is 0 Å². The van der Waals surface area contributed by atoms with Gasteiger partial charge in [-0.1, -0.05) is 12.1 Å². The van der Waals surface area contributed by atoms with Crippen LogP contribution in [0.5, 0.6) is 5.75 Å². The van der Waals surface area contributed by atoms with Gasteiger partial charge < -0.3 is 9.22 Å². The Morgan fingerprint density at radius 3 is 2.38 bits per heavy atom. The largest absolute Gasteiger partial charge is 0.493 e. The van der Waals surface area contributed by atoms with E-state index in [1.807, 2.05) is 24.3 Å². The van der Waals surface area contributed by atoms with Crippen LogP contribution in [0.3, 0.4) is 0 Å². The van der Waals surface area contributed by atoms with Crippen molar-refractivity contribution in [1.29, 1.82) is 0 Å². The summed E-state index contributed by atoms with van der Waals surface area (Å²) in [5.41, 5.74) is 0. The molecular weight excluding hydrogens is 198 g/mol. The molecule has 1 rings (SSSR count). The van der Waals surface area contributed by atoms with Gasteiger partial charge in [0, 0.05) is 6.42 Å². The van der Waals surface area contributed by atoms with Gasteiger partial charge in [0.2, 0.25) is 0 Å². The van der Waals surface area contributed by atoms with E-state index in [1.165, 1.54) is 19.6 Å². The topological polar surface area (TPSA) is 9.23 Å². The minimum absolute atomic E-state index is 0.803. The lowest BCUT2D eigenvalue weighted by molar-refractivity contribution is -0.906. The molecule has 0 spiro atoms. The first kappa shape index (κ1) is 13.0. The Morgan fingerprint density at radius 2 is 1.81 bits per heavy atom. The predicted octanol–water partition coefficient (Wildman–Crippen LogP) is 2.74. The summed E-state index contributed by atoms with van der Waals surface area (Å²) in [7, 11) is 2.30. The van der Waals surface area contributed by atoms with Crippen LogP contribution in [0.15, 0.2) is 24.3 Å². The minimum atomic E-state index is 0.803. The maximum atomic E-state index is 5.66. The maximum Gasteiger partial charge on any atom is 0.119 e. The second-order valence-electron chi connectivity index (χ2n) is 4.41. The summed E-state index contributed by atoms with van der Waals surface area (Å²) >= 11 is 0. The highest BCUT2D eigenvalue weighted by Gasteiger charge is 2.15. The number of nitrogens with zero attached hydrogens (tertiary/aromatic N) is 1. The van der Waals surface area contributed by atoms with Gasteiger partial charge in [-0.05, 0) is 32.0 Å². The Balaban J connectivity index is 2.22. The van der Waals surface area contributed by atoms with Crippen LogP contribution in [0.1, 0.15) is 20.3 Å². The Morgan fingerprint density at radius 1 is 1.19 bits per heavy atom. The van der Waals surface area contributed by atoms with E-state index in [4.69, 9.17) is 4.74 Å². The quantitative estimate of drug-likeness (QED) is 0.508. The number of rotatable bonds is 7. The molecule has 0 aliphatic carbocycles. The van der Waals surface area contributed by atoms with Crippen LogP contribution in [0.4, 0.5) is 0 Å². The average molecular weight is 221 g/mol. The molecule has 0 heterocycles. The standard InChI is InChI=1S/C14H23NO/c1-4-15(3,5-2)12-9-13-16-14-10-7-6-8-11-14/h7-8,10-11H,4-5,9,12-13H2,1-3H3/q+1. The van der Waals surface area contributed by atoms with Crippen LogP contribution < -0.4 is 4.74 Å². The third-order valence-electron chi connectivity index (χ3n) is 3.33. The number of ether oxygens (including phenoxy) is 1. The zero-order chi connectivity index (χ0) is 11.9. The molecule has 89 valence electrons. The third kappa shape index (κ3) is 4.23. The van der Waals surface area contributed by atoms with Crippen molar-refractivity contribution >= 4 is 0 Å². The van der Waals surface area contributed by atoms with Gasteiger partial charge in [0.05, 0.1) is 33.3 Å². The lowest BCUT2D eigenvalue weighted by Crippen LogP contribution is -2.44. The fraction of sp³-hybridized carbons (Fsp3) is 0.571. The maximum absolute atomic E-state index is 5.66. The van der Waals surface area contributed by atoms with E-state index in [0.29, 0.717) is 0 Å². The monoisotopic (exact) mass is 221 g/mol. The van der Waals surface area contributed by atoms with Crippen molar-refractivity contribution < 1.29 is 9.22 Å². The molecule has 1 aromatic rings. The smallest absolute Gasteiger partial charge is 0.119 e. The van der Waals surface area contributed by atoms with Gasteiger partial charge in [-0.25, -0.2) is 0 Å². The van der Waals surface area contributed by atoms with Crippen LogP contribution in [0, 0.1) is 6.07 Å². The van der Waals surface area contributed by atoms with E-state index in [2.05, 4.69) is 27.0 Å². The molecule has 0 amide bonds. The van der Waals surface area contributed by atoms with E-state index < -0.39 is 0 Å². The summed E-state index contributed by atoms with van der Waals surface area (Å²) in [5, 5.41) is 0. The fourth-order valence-corrected chi connectivity index (χ4v) is 1.64. The summed E-state index contributed by atoms with van der Waals surface area (Å²) < 4.78 is 6.79. The molecule has 0 saturated heterocycles. The van der Waals surface area contributed by atoms with Crippen molar-refractivity contribution in [2.45, 2.75) is 20.3 Å². The van der Waals surface area contributed by atoms with Crippen molar-refractivity contribution in [3.8, 4) is 5.75 Å². The van der Waals surface area contributed by atoms with Crippen molar-refractivity contribution in [3.63, 3.8) is 0 Å². The summed E-state index contributed by atoms with van der Waals surface area (Å²) in [6.45, 7) is 8.87. The predicted molar refractivity (Wildman–Crippen MR) is 67.5 cm³/mol. The molecule has 0 aliphatic heterocycles. The van der Waals surface area contributed by atoms with Crippen LogP contribution in [0.2, 0.25) is 0 Å². The van der Waals surface area contributed by atoms with Crippen LogP contribution in [-0.2, 0) is 0 Å². The SMILES string of the molecule is CC[N+](C)(CC)CCCOc1cc[c]cc1. The molecule has 0 atom stereocenters. The minimum Gasteiger partial charge on any atom is -0.493 e. The molecule has 1 radical (unpaired) electrons. The van der Waals surface area contributed by atoms with Crippen molar-refractivity contribution in [2.24, 2.45) is 0 Å². The zero-order valence-corrected chi connectivity index (χ0v) is 10.7. The van der Waals surface area contributed by atoms with Crippen molar-refractivity contribution in [3.05, 3.63) is 30.3 Å². The normalized spacial score (nSPS) is 11.4. The molecule has 0 aliphatic rings. The Hall–Kier alpha value is -1.02. The van der Waals surface area contributed by atoms with E-state index in [0.717, 1.165) is 23.3 Å². The highest BCUT2D eigenvalue weighted by molar-refractivity contribution is 5.20. The van der Waals surface area contributed by atoms with Crippen LogP contribution >= 0.6 is 0 Å².